The minimum atomic E-state index is -3.79. The van der Waals surface area contributed by atoms with E-state index in [1.165, 1.54) is 13.1 Å². The molecule has 0 amide bonds. The first-order valence-corrected chi connectivity index (χ1v) is 6.59. The highest BCUT2D eigenvalue weighted by atomic mass is 32.2. The van der Waals surface area contributed by atoms with Crippen molar-refractivity contribution in [2.45, 2.75) is 4.90 Å². The number of carbonyl (C=O) groups is 2. The Morgan fingerprint density at radius 3 is 1.74 bits per heavy atom. The summed E-state index contributed by atoms with van der Waals surface area (Å²) in [5, 5.41) is 0. The van der Waals surface area contributed by atoms with Gasteiger partial charge in [0.1, 0.15) is 0 Å². The fourth-order valence-corrected chi connectivity index (χ4v) is 2.14. The molecule has 0 radical (unpaired) electrons. The van der Waals surface area contributed by atoms with Gasteiger partial charge in [0.05, 0.1) is 30.2 Å². The summed E-state index contributed by atoms with van der Waals surface area (Å²) < 4.78 is 34.5. The van der Waals surface area contributed by atoms with Gasteiger partial charge in [0.2, 0.25) is 10.0 Å². The van der Waals surface area contributed by atoms with Gasteiger partial charge in [-0.05, 0) is 25.2 Å². The van der Waals surface area contributed by atoms with E-state index in [0.29, 0.717) is 0 Å². The molecule has 104 valence electrons. The number of hydrogen-bond donors (Lipinski definition) is 1. The molecule has 1 aromatic rings. The number of benzene rings is 1. The molecule has 0 aliphatic heterocycles. The molecular formula is C11H13NO6S. The third kappa shape index (κ3) is 3.30. The van der Waals surface area contributed by atoms with Crippen LogP contribution in [0, 0.1) is 0 Å². The third-order valence-corrected chi connectivity index (χ3v) is 3.72. The SMILES string of the molecule is CNS(=O)(=O)c1cc(C(=O)OC)cc(C(=O)OC)c1. The molecule has 1 N–H and O–H groups in total. The van der Waals surface area contributed by atoms with Crippen LogP contribution in [0.5, 0.6) is 0 Å². The van der Waals surface area contributed by atoms with Gasteiger partial charge in [-0.25, -0.2) is 22.7 Å². The van der Waals surface area contributed by atoms with Crippen LogP contribution in [-0.2, 0) is 19.5 Å². The molecule has 19 heavy (non-hydrogen) atoms. The second-order valence-corrected chi connectivity index (χ2v) is 5.32. The van der Waals surface area contributed by atoms with E-state index in [9.17, 15) is 18.0 Å². The van der Waals surface area contributed by atoms with Crippen LogP contribution >= 0.6 is 0 Å². The number of esters is 2. The van der Waals surface area contributed by atoms with Crippen molar-refractivity contribution < 1.29 is 27.5 Å². The molecule has 0 unspecified atom stereocenters. The maximum absolute atomic E-state index is 11.7. The smallest absolute Gasteiger partial charge is 0.337 e. The molecular weight excluding hydrogens is 274 g/mol. The Kier molecular flexibility index (Phi) is 4.62. The lowest BCUT2D eigenvalue weighted by molar-refractivity contribution is 0.0598. The van der Waals surface area contributed by atoms with E-state index in [0.717, 1.165) is 26.4 Å². The van der Waals surface area contributed by atoms with Crippen LogP contribution < -0.4 is 4.72 Å². The number of carbonyl (C=O) groups excluding carboxylic acids is 2. The Balaban J connectivity index is 3.49. The highest BCUT2D eigenvalue weighted by molar-refractivity contribution is 7.89. The summed E-state index contributed by atoms with van der Waals surface area (Å²) >= 11 is 0. The molecule has 7 nitrogen and oxygen atoms in total. The average molecular weight is 287 g/mol. The van der Waals surface area contributed by atoms with E-state index >= 15 is 0 Å². The zero-order chi connectivity index (χ0) is 14.6. The highest BCUT2D eigenvalue weighted by Gasteiger charge is 2.19. The number of nitrogens with one attached hydrogen (secondary N) is 1. The van der Waals surface area contributed by atoms with E-state index in [2.05, 4.69) is 14.2 Å². The molecule has 0 heterocycles. The Morgan fingerprint density at radius 1 is 1.00 bits per heavy atom. The Morgan fingerprint density at radius 2 is 1.42 bits per heavy atom. The summed E-state index contributed by atoms with van der Waals surface area (Å²) in [5.74, 6) is -1.50. The standard InChI is InChI=1S/C11H13NO6S/c1-12-19(15,16)9-5-7(10(13)17-2)4-8(6-9)11(14)18-3/h4-6,12H,1-3H3. The van der Waals surface area contributed by atoms with Crippen LogP contribution in [0.2, 0.25) is 0 Å². The minimum absolute atomic E-state index is 0.0563. The van der Waals surface area contributed by atoms with Gasteiger partial charge in [-0.1, -0.05) is 0 Å². The number of rotatable bonds is 4. The van der Waals surface area contributed by atoms with Crippen LogP contribution in [0.3, 0.4) is 0 Å². The predicted octanol–water partition coefficient (Wildman–Crippen LogP) is 0.168. The molecule has 1 rings (SSSR count). The normalized spacial score (nSPS) is 10.9. The van der Waals surface area contributed by atoms with E-state index < -0.39 is 22.0 Å². The summed E-state index contributed by atoms with van der Waals surface area (Å²) in [4.78, 5) is 22.7. The Labute approximate surface area is 110 Å². The molecule has 0 aliphatic carbocycles. The second kappa shape index (κ2) is 5.81. The first-order valence-electron chi connectivity index (χ1n) is 5.11. The van der Waals surface area contributed by atoms with Crippen LogP contribution in [-0.4, -0.2) is 41.6 Å². The lowest BCUT2D eigenvalue weighted by Crippen LogP contribution is -2.20. The monoisotopic (exact) mass is 287 g/mol. The summed E-state index contributed by atoms with van der Waals surface area (Å²) in [5.41, 5.74) is -0.113. The Hall–Kier alpha value is -1.93. The van der Waals surface area contributed by atoms with Crippen molar-refractivity contribution >= 4 is 22.0 Å². The molecule has 0 aromatic heterocycles. The fourth-order valence-electron chi connectivity index (χ4n) is 1.34. The van der Waals surface area contributed by atoms with Crippen LogP contribution in [0.1, 0.15) is 20.7 Å². The largest absolute Gasteiger partial charge is 0.465 e. The van der Waals surface area contributed by atoms with Gasteiger partial charge in [-0.15, -0.1) is 0 Å². The topological polar surface area (TPSA) is 98.8 Å². The summed E-state index contributed by atoms with van der Waals surface area (Å²) in [6.07, 6.45) is 0. The van der Waals surface area contributed by atoms with Gasteiger partial charge < -0.3 is 9.47 Å². The molecule has 0 saturated heterocycles. The molecule has 8 heteroatoms. The van der Waals surface area contributed by atoms with Crippen molar-refractivity contribution in [1.82, 2.24) is 4.72 Å². The van der Waals surface area contributed by atoms with Gasteiger partial charge in [-0.3, -0.25) is 0 Å². The van der Waals surface area contributed by atoms with Crippen molar-refractivity contribution in [2.24, 2.45) is 0 Å². The number of hydrogen-bond acceptors (Lipinski definition) is 6. The van der Waals surface area contributed by atoms with Crippen molar-refractivity contribution in [3.05, 3.63) is 29.3 Å². The zero-order valence-corrected chi connectivity index (χ0v) is 11.4. The average Bonchev–Trinajstić information content (AvgIpc) is 2.44. The number of sulfonamides is 1. The minimum Gasteiger partial charge on any atom is -0.465 e. The van der Waals surface area contributed by atoms with Crippen molar-refractivity contribution in [1.29, 1.82) is 0 Å². The molecule has 0 saturated carbocycles. The molecule has 1 aromatic carbocycles. The maximum Gasteiger partial charge on any atom is 0.337 e. The summed E-state index contributed by atoms with van der Waals surface area (Å²) in [6, 6.07) is 3.43. The van der Waals surface area contributed by atoms with Gasteiger partial charge >= 0.3 is 11.9 Å². The zero-order valence-electron chi connectivity index (χ0n) is 10.6. The first-order chi connectivity index (χ1) is 8.85. The third-order valence-electron chi connectivity index (χ3n) is 2.33. The van der Waals surface area contributed by atoms with Crippen molar-refractivity contribution in [2.75, 3.05) is 21.3 Å². The van der Waals surface area contributed by atoms with Crippen LogP contribution in [0.15, 0.2) is 23.1 Å². The predicted molar refractivity (Wildman–Crippen MR) is 65.4 cm³/mol. The quantitative estimate of drug-likeness (QED) is 0.792. The molecule has 0 fully saturated rings. The molecule has 0 aliphatic rings. The van der Waals surface area contributed by atoms with Gasteiger partial charge in [0, 0.05) is 0 Å². The molecule has 0 bridgehead atoms. The van der Waals surface area contributed by atoms with Crippen LogP contribution in [0.25, 0.3) is 0 Å². The number of methoxy groups -OCH3 is 2. The summed E-state index contributed by atoms with van der Waals surface area (Å²) in [7, 11) is -0.268. The van der Waals surface area contributed by atoms with Gasteiger partial charge in [0.25, 0.3) is 0 Å². The van der Waals surface area contributed by atoms with Gasteiger partial charge in [-0.2, -0.15) is 0 Å². The highest BCUT2D eigenvalue weighted by Crippen LogP contribution is 2.16. The van der Waals surface area contributed by atoms with Gasteiger partial charge in [0.15, 0.2) is 0 Å². The van der Waals surface area contributed by atoms with E-state index in [1.807, 2.05) is 0 Å². The summed E-state index contributed by atoms with van der Waals surface area (Å²) in [6.45, 7) is 0. The maximum atomic E-state index is 11.7. The van der Waals surface area contributed by atoms with Crippen molar-refractivity contribution in [3.63, 3.8) is 0 Å². The second-order valence-electron chi connectivity index (χ2n) is 3.44. The fraction of sp³-hybridized carbons (Fsp3) is 0.273. The first kappa shape index (κ1) is 15.1. The lowest BCUT2D eigenvalue weighted by atomic mass is 10.1. The Bertz CT molecular complexity index is 573. The van der Waals surface area contributed by atoms with E-state index in [4.69, 9.17) is 0 Å². The number of ether oxygens (including phenoxy) is 2. The molecule has 0 spiro atoms. The van der Waals surface area contributed by atoms with Crippen LogP contribution in [0.4, 0.5) is 0 Å². The molecule has 0 atom stereocenters. The van der Waals surface area contributed by atoms with E-state index in [1.54, 1.807) is 0 Å². The van der Waals surface area contributed by atoms with Crippen molar-refractivity contribution in [3.8, 4) is 0 Å². The van der Waals surface area contributed by atoms with E-state index in [-0.39, 0.29) is 16.0 Å². The lowest BCUT2D eigenvalue weighted by Gasteiger charge is -2.08.